The molecule has 1 aromatic carbocycles. The third-order valence-corrected chi connectivity index (χ3v) is 3.89. The summed E-state index contributed by atoms with van der Waals surface area (Å²) < 4.78 is 5.35. The maximum atomic E-state index is 12.3. The van der Waals surface area contributed by atoms with E-state index in [2.05, 4.69) is 0 Å². The molecule has 0 radical (unpaired) electrons. The summed E-state index contributed by atoms with van der Waals surface area (Å²) in [7, 11) is 3.50. The minimum Gasteiger partial charge on any atom is -0.496 e. The summed E-state index contributed by atoms with van der Waals surface area (Å²) in [5, 5.41) is 0. The number of hydrogen-bond donors (Lipinski definition) is 1. The Morgan fingerprint density at radius 3 is 2.38 bits per heavy atom. The quantitative estimate of drug-likeness (QED) is 0.877. The standard InChI is InChI=1S/C16H26N2O2.ClH/c1-11(18(4)16(19)12(2)13(3)17)10-14-8-6-7-9-15(14)20-5;/h6-9,11-13H,10,17H2,1-5H3;1H. The third kappa shape index (κ3) is 5.21. The molecule has 4 nitrogen and oxygen atoms in total. The highest BCUT2D eigenvalue weighted by molar-refractivity contribution is 5.85. The molecule has 0 fully saturated rings. The van der Waals surface area contributed by atoms with Crippen LogP contribution in [0.2, 0.25) is 0 Å². The molecule has 0 heterocycles. The Hall–Kier alpha value is -1.26. The Morgan fingerprint density at radius 1 is 1.29 bits per heavy atom. The number of likely N-dealkylation sites (N-methyl/N-ethyl adjacent to an activating group) is 1. The average molecular weight is 315 g/mol. The smallest absolute Gasteiger partial charge is 0.226 e. The minimum absolute atomic E-state index is 0. The summed E-state index contributed by atoms with van der Waals surface area (Å²) >= 11 is 0. The van der Waals surface area contributed by atoms with Crippen LogP contribution in [-0.4, -0.2) is 37.0 Å². The number of nitrogens with two attached hydrogens (primary N) is 1. The second kappa shape index (κ2) is 8.90. The molecule has 1 aromatic rings. The first-order valence-corrected chi connectivity index (χ1v) is 7.02. The summed E-state index contributed by atoms with van der Waals surface area (Å²) in [4.78, 5) is 14.1. The van der Waals surface area contributed by atoms with Crippen LogP contribution in [0.4, 0.5) is 0 Å². The Kier molecular flexibility index (Phi) is 8.37. The topological polar surface area (TPSA) is 55.6 Å². The molecule has 3 atom stereocenters. The molecule has 1 rings (SSSR count). The van der Waals surface area contributed by atoms with E-state index in [0.717, 1.165) is 17.7 Å². The van der Waals surface area contributed by atoms with Crippen LogP contribution in [0.1, 0.15) is 26.3 Å². The number of para-hydroxylation sites is 1. The van der Waals surface area contributed by atoms with Crippen molar-refractivity contribution in [3.05, 3.63) is 29.8 Å². The van der Waals surface area contributed by atoms with Crippen LogP contribution in [-0.2, 0) is 11.2 Å². The SMILES string of the molecule is COc1ccccc1CC(C)N(C)C(=O)C(C)C(C)N.Cl. The largest absolute Gasteiger partial charge is 0.496 e. The number of amides is 1. The van der Waals surface area contributed by atoms with E-state index in [1.807, 2.05) is 52.1 Å². The summed E-state index contributed by atoms with van der Waals surface area (Å²) in [5.74, 6) is 0.781. The Labute approximate surface area is 134 Å². The molecule has 120 valence electrons. The van der Waals surface area contributed by atoms with Gasteiger partial charge in [0.05, 0.1) is 13.0 Å². The van der Waals surface area contributed by atoms with E-state index >= 15 is 0 Å². The van der Waals surface area contributed by atoms with Crippen molar-refractivity contribution >= 4 is 18.3 Å². The molecule has 1 amide bonds. The molecule has 2 N–H and O–H groups in total. The number of benzene rings is 1. The summed E-state index contributed by atoms with van der Waals surface area (Å²) in [5.41, 5.74) is 6.91. The zero-order chi connectivity index (χ0) is 15.3. The molecule has 0 spiro atoms. The van der Waals surface area contributed by atoms with E-state index in [4.69, 9.17) is 10.5 Å². The molecule has 0 aliphatic heterocycles. The lowest BCUT2D eigenvalue weighted by Crippen LogP contribution is -2.44. The Balaban J connectivity index is 0.00000400. The monoisotopic (exact) mass is 314 g/mol. The van der Waals surface area contributed by atoms with Crippen molar-refractivity contribution in [3.8, 4) is 5.75 Å². The van der Waals surface area contributed by atoms with Gasteiger partial charge in [-0.3, -0.25) is 4.79 Å². The maximum Gasteiger partial charge on any atom is 0.226 e. The fourth-order valence-corrected chi connectivity index (χ4v) is 2.09. The van der Waals surface area contributed by atoms with Crippen molar-refractivity contribution in [2.24, 2.45) is 11.7 Å². The molecule has 0 saturated heterocycles. The van der Waals surface area contributed by atoms with E-state index in [0.29, 0.717) is 0 Å². The third-order valence-electron chi connectivity index (χ3n) is 3.89. The van der Waals surface area contributed by atoms with Crippen molar-refractivity contribution in [2.75, 3.05) is 14.2 Å². The van der Waals surface area contributed by atoms with E-state index in [1.165, 1.54) is 0 Å². The average Bonchev–Trinajstić information content (AvgIpc) is 2.45. The van der Waals surface area contributed by atoms with E-state index in [-0.39, 0.29) is 36.3 Å². The first kappa shape index (κ1) is 19.7. The van der Waals surface area contributed by atoms with Gasteiger partial charge < -0.3 is 15.4 Å². The zero-order valence-corrected chi connectivity index (χ0v) is 14.3. The van der Waals surface area contributed by atoms with E-state index in [1.54, 1.807) is 12.0 Å². The van der Waals surface area contributed by atoms with Gasteiger partial charge in [-0.15, -0.1) is 12.4 Å². The number of halogens is 1. The van der Waals surface area contributed by atoms with Crippen molar-refractivity contribution in [3.63, 3.8) is 0 Å². The van der Waals surface area contributed by atoms with Crippen molar-refractivity contribution in [2.45, 2.75) is 39.3 Å². The minimum atomic E-state index is -0.167. The first-order valence-electron chi connectivity index (χ1n) is 7.02. The Bertz CT molecular complexity index is 452. The highest BCUT2D eigenvalue weighted by atomic mass is 35.5. The highest BCUT2D eigenvalue weighted by Gasteiger charge is 2.24. The second-order valence-corrected chi connectivity index (χ2v) is 5.46. The maximum absolute atomic E-state index is 12.3. The molecule has 0 saturated carbocycles. The van der Waals surface area contributed by atoms with Gasteiger partial charge in [0.25, 0.3) is 0 Å². The molecule has 3 unspecified atom stereocenters. The molecule has 0 aliphatic carbocycles. The lowest BCUT2D eigenvalue weighted by molar-refractivity contribution is -0.135. The molecule has 0 bridgehead atoms. The molecule has 5 heteroatoms. The van der Waals surface area contributed by atoms with Crippen LogP contribution in [0.5, 0.6) is 5.75 Å². The predicted octanol–water partition coefficient (Wildman–Crippen LogP) is 2.49. The number of nitrogens with zero attached hydrogens (tertiary/aromatic N) is 1. The fraction of sp³-hybridized carbons (Fsp3) is 0.562. The van der Waals surface area contributed by atoms with Gasteiger partial charge in [0.15, 0.2) is 0 Å². The number of carbonyl (C=O) groups is 1. The summed E-state index contributed by atoms with van der Waals surface area (Å²) in [6, 6.07) is 7.86. The fourth-order valence-electron chi connectivity index (χ4n) is 2.09. The van der Waals surface area contributed by atoms with Crippen molar-refractivity contribution in [1.82, 2.24) is 4.90 Å². The van der Waals surface area contributed by atoms with Crippen LogP contribution in [0.15, 0.2) is 24.3 Å². The van der Waals surface area contributed by atoms with Gasteiger partial charge in [-0.1, -0.05) is 25.1 Å². The van der Waals surface area contributed by atoms with Gasteiger partial charge in [0.1, 0.15) is 5.75 Å². The predicted molar refractivity (Wildman–Crippen MR) is 89.0 cm³/mol. The van der Waals surface area contributed by atoms with E-state index in [9.17, 15) is 4.79 Å². The van der Waals surface area contributed by atoms with Gasteiger partial charge >= 0.3 is 0 Å². The van der Waals surface area contributed by atoms with Crippen LogP contribution < -0.4 is 10.5 Å². The normalized spacial score (nSPS) is 14.6. The van der Waals surface area contributed by atoms with Gasteiger partial charge in [-0.25, -0.2) is 0 Å². The number of methoxy groups -OCH3 is 1. The van der Waals surface area contributed by atoms with Gasteiger partial charge in [0, 0.05) is 19.1 Å². The number of carbonyl (C=O) groups excluding carboxylic acids is 1. The zero-order valence-electron chi connectivity index (χ0n) is 13.5. The number of hydrogen-bond acceptors (Lipinski definition) is 3. The molecule has 21 heavy (non-hydrogen) atoms. The van der Waals surface area contributed by atoms with Crippen molar-refractivity contribution < 1.29 is 9.53 Å². The molecular weight excluding hydrogens is 288 g/mol. The molecular formula is C16H27ClN2O2. The van der Waals surface area contributed by atoms with Gasteiger partial charge in [-0.2, -0.15) is 0 Å². The summed E-state index contributed by atoms with van der Waals surface area (Å²) in [6.07, 6.45) is 0.762. The summed E-state index contributed by atoms with van der Waals surface area (Å²) in [6.45, 7) is 5.78. The molecule has 0 aliphatic rings. The lowest BCUT2D eigenvalue weighted by Gasteiger charge is -2.29. The van der Waals surface area contributed by atoms with Crippen LogP contribution in [0.3, 0.4) is 0 Å². The highest BCUT2D eigenvalue weighted by Crippen LogP contribution is 2.20. The van der Waals surface area contributed by atoms with Crippen LogP contribution in [0.25, 0.3) is 0 Å². The first-order chi connectivity index (χ1) is 9.38. The van der Waals surface area contributed by atoms with Gasteiger partial charge in [-0.05, 0) is 31.9 Å². The van der Waals surface area contributed by atoms with Crippen LogP contribution >= 0.6 is 12.4 Å². The van der Waals surface area contributed by atoms with E-state index < -0.39 is 0 Å². The van der Waals surface area contributed by atoms with Crippen LogP contribution in [0, 0.1) is 5.92 Å². The van der Waals surface area contributed by atoms with Gasteiger partial charge in [0.2, 0.25) is 5.91 Å². The number of rotatable bonds is 6. The Morgan fingerprint density at radius 2 is 1.86 bits per heavy atom. The second-order valence-electron chi connectivity index (χ2n) is 5.46. The molecule has 0 aromatic heterocycles. The lowest BCUT2D eigenvalue weighted by atomic mass is 10.00. The van der Waals surface area contributed by atoms with Crippen molar-refractivity contribution in [1.29, 1.82) is 0 Å². The number of ether oxygens (including phenoxy) is 1.